The molecular weight excluding hydrogens is 198 g/mol. The van der Waals surface area contributed by atoms with E-state index in [4.69, 9.17) is 0 Å². The second kappa shape index (κ2) is 6.69. The molecule has 0 spiro atoms. The minimum Gasteiger partial charge on any atom is -0.338 e. The lowest BCUT2D eigenvalue weighted by Gasteiger charge is -2.20. The molecule has 92 valence electrons. The van der Waals surface area contributed by atoms with E-state index in [1.165, 1.54) is 25.1 Å². The Hall–Kier alpha value is -0.830. The van der Waals surface area contributed by atoms with Crippen LogP contribution in [0.3, 0.4) is 0 Å². The molecule has 16 heavy (non-hydrogen) atoms. The molecule has 0 amide bonds. The highest BCUT2D eigenvalue weighted by Crippen LogP contribution is 2.08. The first-order valence-electron chi connectivity index (χ1n) is 6.35. The zero-order valence-electron chi connectivity index (χ0n) is 11.0. The normalized spacial score (nSPS) is 13.3. The van der Waals surface area contributed by atoms with Crippen molar-refractivity contribution in [3.05, 3.63) is 18.2 Å². The average Bonchev–Trinajstić information content (AvgIpc) is 2.60. The lowest BCUT2D eigenvalue weighted by atomic mass is 10.1. The minimum atomic E-state index is 0.544. The third-order valence-electron chi connectivity index (χ3n) is 2.83. The first-order valence-corrected chi connectivity index (χ1v) is 6.35. The van der Waals surface area contributed by atoms with E-state index in [9.17, 15) is 0 Å². The molecule has 1 heterocycles. The van der Waals surface area contributed by atoms with Gasteiger partial charge in [0.2, 0.25) is 0 Å². The molecule has 0 aliphatic heterocycles. The maximum absolute atomic E-state index is 4.39. The van der Waals surface area contributed by atoms with Crippen LogP contribution in [0.15, 0.2) is 12.4 Å². The summed E-state index contributed by atoms with van der Waals surface area (Å²) in [6, 6.07) is 1.10. The van der Waals surface area contributed by atoms with Crippen molar-refractivity contribution in [2.75, 3.05) is 0 Å². The summed E-state index contributed by atoms with van der Waals surface area (Å²) < 4.78 is 2.11. The second-order valence-electron chi connectivity index (χ2n) is 4.82. The van der Waals surface area contributed by atoms with Gasteiger partial charge in [0.25, 0.3) is 0 Å². The molecule has 0 aliphatic rings. The van der Waals surface area contributed by atoms with Crippen LogP contribution in [0.4, 0.5) is 0 Å². The molecule has 1 atom stereocenters. The van der Waals surface area contributed by atoms with Gasteiger partial charge in [-0.05, 0) is 6.42 Å². The maximum Gasteiger partial charge on any atom is 0.109 e. The second-order valence-corrected chi connectivity index (χ2v) is 4.82. The van der Waals surface area contributed by atoms with Gasteiger partial charge < -0.3 is 9.88 Å². The highest BCUT2D eigenvalue weighted by atomic mass is 15.0. The topological polar surface area (TPSA) is 29.9 Å². The third kappa shape index (κ3) is 4.35. The fourth-order valence-electron chi connectivity index (χ4n) is 1.98. The Morgan fingerprint density at radius 3 is 2.69 bits per heavy atom. The molecule has 0 saturated heterocycles. The van der Waals surface area contributed by atoms with Gasteiger partial charge in [0.1, 0.15) is 5.82 Å². The van der Waals surface area contributed by atoms with Gasteiger partial charge in [0, 0.05) is 37.9 Å². The molecule has 1 N–H and O–H groups in total. The van der Waals surface area contributed by atoms with E-state index in [0.29, 0.717) is 12.1 Å². The molecule has 3 heteroatoms. The summed E-state index contributed by atoms with van der Waals surface area (Å²) in [4.78, 5) is 4.39. The van der Waals surface area contributed by atoms with E-state index < -0.39 is 0 Å². The Morgan fingerprint density at radius 2 is 2.19 bits per heavy atom. The van der Waals surface area contributed by atoms with Crippen molar-refractivity contribution in [3.8, 4) is 0 Å². The number of hydrogen-bond acceptors (Lipinski definition) is 2. The van der Waals surface area contributed by atoms with Crippen LogP contribution >= 0.6 is 0 Å². The molecule has 1 aromatic heterocycles. The number of unbranched alkanes of at least 4 members (excludes halogenated alkanes) is 1. The molecule has 0 fully saturated rings. The van der Waals surface area contributed by atoms with Crippen molar-refractivity contribution < 1.29 is 0 Å². The van der Waals surface area contributed by atoms with Crippen molar-refractivity contribution in [1.29, 1.82) is 0 Å². The Balaban J connectivity index is 2.52. The van der Waals surface area contributed by atoms with Crippen LogP contribution < -0.4 is 5.32 Å². The number of nitrogens with one attached hydrogen (secondary N) is 1. The lowest BCUT2D eigenvalue weighted by Crippen LogP contribution is -2.37. The molecular formula is C13H25N3. The van der Waals surface area contributed by atoms with E-state index in [2.05, 4.69) is 42.7 Å². The summed E-state index contributed by atoms with van der Waals surface area (Å²) in [6.45, 7) is 6.65. The first-order chi connectivity index (χ1) is 7.63. The van der Waals surface area contributed by atoms with Crippen molar-refractivity contribution in [2.24, 2.45) is 7.05 Å². The Morgan fingerprint density at radius 1 is 1.44 bits per heavy atom. The fourth-order valence-corrected chi connectivity index (χ4v) is 1.98. The number of aromatic nitrogens is 2. The van der Waals surface area contributed by atoms with Gasteiger partial charge in [-0.2, -0.15) is 0 Å². The average molecular weight is 223 g/mol. The van der Waals surface area contributed by atoms with Crippen molar-refractivity contribution in [2.45, 2.75) is 58.5 Å². The summed E-state index contributed by atoms with van der Waals surface area (Å²) in [5, 5.41) is 3.63. The van der Waals surface area contributed by atoms with Crippen molar-refractivity contribution in [1.82, 2.24) is 14.9 Å². The molecule has 0 aliphatic carbocycles. The largest absolute Gasteiger partial charge is 0.338 e. The molecule has 0 saturated carbocycles. The smallest absolute Gasteiger partial charge is 0.109 e. The van der Waals surface area contributed by atoms with Crippen LogP contribution in [-0.4, -0.2) is 21.6 Å². The Kier molecular flexibility index (Phi) is 5.53. The Bertz CT molecular complexity index is 291. The van der Waals surface area contributed by atoms with Gasteiger partial charge in [-0.15, -0.1) is 0 Å². The summed E-state index contributed by atoms with van der Waals surface area (Å²) in [7, 11) is 2.06. The molecule has 1 aromatic rings. The number of nitrogens with zero attached hydrogens (tertiary/aromatic N) is 2. The zero-order chi connectivity index (χ0) is 12.0. The van der Waals surface area contributed by atoms with Crippen LogP contribution in [-0.2, 0) is 13.5 Å². The summed E-state index contributed by atoms with van der Waals surface area (Å²) >= 11 is 0. The highest BCUT2D eigenvalue weighted by molar-refractivity contribution is 4.94. The molecule has 0 aromatic carbocycles. The molecule has 1 unspecified atom stereocenters. The summed E-state index contributed by atoms with van der Waals surface area (Å²) in [5.74, 6) is 1.18. The van der Waals surface area contributed by atoms with Crippen LogP contribution in [0.1, 0.15) is 45.9 Å². The van der Waals surface area contributed by atoms with E-state index in [-0.39, 0.29) is 0 Å². The SMILES string of the molecule is CCCCC(Cc1nccn1C)NC(C)C. The number of hydrogen-bond donors (Lipinski definition) is 1. The predicted octanol–water partition coefficient (Wildman–Crippen LogP) is 2.52. The van der Waals surface area contributed by atoms with Gasteiger partial charge in [0.15, 0.2) is 0 Å². The summed E-state index contributed by atoms with van der Waals surface area (Å²) in [6.07, 6.45) is 8.71. The molecule has 0 radical (unpaired) electrons. The highest BCUT2D eigenvalue weighted by Gasteiger charge is 2.12. The predicted molar refractivity (Wildman–Crippen MR) is 68.5 cm³/mol. The molecule has 3 nitrogen and oxygen atoms in total. The van der Waals surface area contributed by atoms with Gasteiger partial charge in [-0.25, -0.2) is 4.98 Å². The van der Waals surface area contributed by atoms with E-state index in [1.54, 1.807) is 0 Å². The fraction of sp³-hybridized carbons (Fsp3) is 0.769. The van der Waals surface area contributed by atoms with Gasteiger partial charge in [-0.1, -0.05) is 33.6 Å². The van der Waals surface area contributed by atoms with E-state index >= 15 is 0 Å². The van der Waals surface area contributed by atoms with Crippen LogP contribution in [0.25, 0.3) is 0 Å². The standard InChI is InChI=1S/C13H25N3/c1-5-6-7-12(15-11(2)3)10-13-14-8-9-16(13)4/h8-9,11-12,15H,5-7,10H2,1-4H3. The zero-order valence-corrected chi connectivity index (χ0v) is 11.0. The first kappa shape index (κ1) is 13.2. The number of imidazole rings is 1. The summed E-state index contributed by atoms with van der Waals surface area (Å²) in [5.41, 5.74) is 0. The van der Waals surface area contributed by atoms with E-state index in [1.807, 2.05) is 12.4 Å². The van der Waals surface area contributed by atoms with Crippen molar-refractivity contribution >= 4 is 0 Å². The van der Waals surface area contributed by atoms with Crippen LogP contribution in [0.5, 0.6) is 0 Å². The van der Waals surface area contributed by atoms with Gasteiger partial charge in [-0.3, -0.25) is 0 Å². The van der Waals surface area contributed by atoms with Gasteiger partial charge >= 0.3 is 0 Å². The lowest BCUT2D eigenvalue weighted by molar-refractivity contribution is 0.416. The monoisotopic (exact) mass is 223 g/mol. The number of rotatable bonds is 7. The van der Waals surface area contributed by atoms with E-state index in [0.717, 1.165) is 6.42 Å². The quantitative estimate of drug-likeness (QED) is 0.770. The number of aryl methyl sites for hydroxylation is 1. The van der Waals surface area contributed by atoms with Crippen LogP contribution in [0.2, 0.25) is 0 Å². The third-order valence-corrected chi connectivity index (χ3v) is 2.83. The van der Waals surface area contributed by atoms with Crippen LogP contribution in [0, 0.1) is 0 Å². The van der Waals surface area contributed by atoms with Gasteiger partial charge in [0.05, 0.1) is 0 Å². The maximum atomic E-state index is 4.39. The minimum absolute atomic E-state index is 0.544. The Labute approximate surface area is 99.3 Å². The van der Waals surface area contributed by atoms with Crippen molar-refractivity contribution in [3.63, 3.8) is 0 Å². The molecule has 0 bridgehead atoms. The molecule has 1 rings (SSSR count).